The van der Waals surface area contributed by atoms with E-state index in [2.05, 4.69) is 0 Å². The van der Waals surface area contributed by atoms with Crippen molar-refractivity contribution < 1.29 is 19.4 Å². The standard InChI is InChI=1S/C12H11NO4/c1-2-17-11(15)5-8-3-9(6-13)12(16)10(4-8)7-14/h3-4,7,16H,2,5H2,1H3. The minimum absolute atomic E-state index is 0.0108. The van der Waals surface area contributed by atoms with E-state index in [-0.39, 0.29) is 29.9 Å². The summed E-state index contributed by atoms with van der Waals surface area (Å²) in [5.74, 6) is -0.811. The molecule has 0 spiro atoms. The first-order valence-electron chi connectivity index (χ1n) is 4.99. The Labute approximate surface area is 98.2 Å². The van der Waals surface area contributed by atoms with Crippen LogP contribution in [0.25, 0.3) is 0 Å². The largest absolute Gasteiger partial charge is 0.506 e. The van der Waals surface area contributed by atoms with E-state index in [0.717, 1.165) is 0 Å². The summed E-state index contributed by atoms with van der Waals surface area (Å²) >= 11 is 0. The van der Waals surface area contributed by atoms with Gasteiger partial charge in [-0.3, -0.25) is 9.59 Å². The van der Waals surface area contributed by atoms with E-state index in [9.17, 15) is 14.7 Å². The van der Waals surface area contributed by atoms with Gasteiger partial charge in [0, 0.05) is 0 Å². The molecular weight excluding hydrogens is 222 g/mol. The summed E-state index contributed by atoms with van der Waals surface area (Å²) in [5.41, 5.74) is 0.414. The molecule has 5 heteroatoms. The van der Waals surface area contributed by atoms with Gasteiger partial charge < -0.3 is 9.84 Å². The van der Waals surface area contributed by atoms with Crippen molar-refractivity contribution >= 4 is 12.3 Å². The van der Waals surface area contributed by atoms with Gasteiger partial charge in [0.25, 0.3) is 0 Å². The van der Waals surface area contributed by atoms with Crippen molar-refractivity contribution in [1.29, 1.82) is 5.26 Å². The average Bonchev–Trinajstić information content (AvgIpc) is 2.31. The van der Waals surface area contributed by atoms with Crippen LogP contribution in [0.15, 0.2) is 12.1 Å². The van der Waals surface area contributed by atoms with Gasteiger partial charge >= 0.3 is 5.97 Å². The number of phenols is 1. The first-order valence-corrected chi connectivity index (χ1v) is 4.99. The molecule has 1 aromatic carbocycles. The highest BCUT2D eigenvalue weighted by Gasteiger charge is 2.12. The van der Waals surface area contributed by atoms with Gasteiger partial charge in [0.2, 0.25) is 0 Å². The Morgan fingerprint density at radius 1 is 1.59 bits per heavy atom. The molecule has 0 saturated carbocycles. The molecule has 0 aliphatic carbocycles. The van der Waals surface area contributed by atoms with Crippen molar-refractivity contribution in [3.63, 3.8) is 0 Å². The zero-order valence-electron chi connectivity index (χ0n) is 9.27. The van der Waals surface area contributed by atoms with Gasteiger partial charge in [0.1, 0.15) is 11.8 Å². The van der Waals surface area contributed by atoms with E-state index in [1.54, 1.807) is 13.0 Å². The van der Waals surface area contributed by atoms with Crippen molar-refractivity contribution in [3.8, 4) is 11.8 Å². The molecule has 0 aliphatic heterocycles. The number of benzene rings is 1. The summed E-state index contributed by atoms with van der Waals surface area (Å²) in [6.45, 7) is 1.95. The van der Waals surface area contributed by atoms with Crippen LogP contribution in [0.4, 0.5) is 0 Å². The van der Waals surface area contributed by atoms with Gasteiger partial charge in [-0.15, -0.1) is 0 Å². The Hall–Kier alpha value is -2.35. The molecule has 0 heterocycles. The predicted octanol–water partition coefficient (Wildman–Crippen LogP) is 1.18. The monoisotopic (exact) mass is 233 g/mol. The maximum Gasteiger partial charge on any atom is 0.310 e. The molecule has 0 amide bonds. The lowest BCUT2D eigenvalue weighted by Gasteiger charge is -2.05. The second-order valence-electron chi connectivity index (χ2n) is 3.29. The second-order valence-corrected chi connectivity index (χ2v) is 3.29. The van der Waals surface area contributed by atoms with E-state index in [1.165, 1.54) is 12.1 Å². The Morgan fingerprint density at radius 2 is 2.29 bits per heavy atom. The third kappa shape index (κ3) is 3.05. The van der Waals surface area contributed by atoms with E-state index >= 15 is 0 Å². The molecule has 1 N–H and O–H groups in total. The second kappa shape index (κ2) is 5.66. The topological polar surface area (TPSA) is 87.4 Å². The molecule has 1 aromatic rings. The molecular formula is C12H11NO4. The van der Waals surface area contributed by atoms with Gasteiger partial charge in [-0.2, -0.15) is 5.26 Å². The van der Waals surface area contributed by atoms with Crippen LogP contribution in [0.3, 0.4) is 0 Å². The number of hydrogen-bond acceptors (Lipinski definition) is 5. The normalized spacial score (nSPS) is 9.41. The van der Waals surface area contributed by atoms with Crippen LogP contribution in [0.1, 0.15) is 28.4 Å². The Morgan fingerprint density at radius 3 is 2.82 bits per heavy atom. The number of aromatic hydroxyl groups is 1. The minimum atomic E-state index is -0.445. The zero-order chi connectivity index (χ0) is 12.8. The summed E-state index contributed by atoms with van der Waals surface area (Å²) in [5, 5.41) is 18.2. The highest BCUT2D eigenvalue weighted by molar-refractivity contribution is 5.82. The lowest BCUT2D eigenvalue weighted by molar-refractivity contribution is -0.142. The molecule has 17 heavy (non-hydrogen) atoms. The van der Waals surface area contributed by atoms with E-state index in [0.29, 0.717) is 11.8 Å². The number of phenolic OH excluding ortho intramolecular Hbond substituents is 1. The van der Waals surface area contributed by atoms with E-state index in [4.69, 9.17) is 10.00 Å². The number of rotatable bonds is 4. The summed E-state index contributed by atoms with van der Waals surface area (Å²) in [4.78, 5) is 21.9. The first-order chi connectivity index (χ1) is 8.12. The van der Waals surface area contributed by atoms with Crippen molar-refractivity contribution in [2.75, 3.05) is 6.61 Å². The highest BCUT2D eigenvalue weighted by Crippen LogP contribution is 2.23. The van der Waals surface area contributed by atoms with E-state index < -0.39 is 5.97 Å². The number of nitrogens with zero attached hydrogens (tertiary/aromatic N) is 1. The molecule has 0 aromatic heterocycles. The third-order valence-corrected chi connectivity index (χ3v) is 2.10. The summed E-state index contributed by atoms with van der Waals surface area (Å²) in [6.07, 6.45) is 0.397. The van der Waals surface area contributed by atoms with Crippen LogP contribution in [-0.4, -0.2) is 24.0 Å². The van der Waals surface area contributed by atoms with Crippen LogP contribution in [-0.2, 0) is 16.0 Å². The molecule has 0 saturated heterocycles. The van der Waals surface area contributed by atoms with Gasteiger partial charge in [-0.05, 0) is 24.6 Å². The summed E-state index contributed by atoms with van der Waals surface area (Å²) < 4.78 is 4.75. The number of carbonyl (C=O) groups excluding carboxylic acids is 2. The number of esters is 1. The Balaban J connectivity index is 3.06. The number of carbonyl (C=O) groups is 2. The maximum absolute atomic E-state index is 11.2. The lowest BCUT2D eigenvalue weighted by Crippen LogP contribution is -2.08. The number of hydrogen-bond donors (Lipinski definition) is 1. The molecule has 0 radical (unpaired) electrons. The van der Waals surface area contributed by atoms with Gasteiger partial charge in [-0.25, -0.2) is 0 Å². The Kier molecular flexibility index (Phi) is 4.23. The summed E-state index contributed by atoms with van der Waals surface area (Å²) in [6, 6.07) is 4.48. The molecule has 0 bridgehead atoms. The van der Waals surface area contributed by atoms with Gasteiger partial charge in [-0.1, -0.05) is 0 Å². The average molecular weight is 233 g/mol. The first kappa shape index (κ1) is 12.7. The fourth-order valence-corrected chi connectivity index (χ4v) is 1.37. The van der Waals surface area contributed by atoms with Crippen molar-refractivity contribution in [1.82, 2.24) is 0 Å². The maximum atomic E-state index is 11.2. The fourth-order valence-electron chi connectivity index (χ4n) is 1.37. The van der Waals surface area contributed by atoms with Crippen LogP contribution in [0, 0.1) is 11.3 Å². The molecule has 88 valence electrons. The van der Waals surface area contributed by atoms with Crippen LogP contribution < -0.4 is 0 Å². The van der Waals surface area contributed by atoms with Crippen LogP contribution in [0.5, 0.6) is 5.75 Å². The molecule has 1 rings (SSSR count). The van der Waals surface area contributed by atoms with Gasteiger partial charge in [0.05, 0.1) is 24.2 Å². The quantitative estimate of drug-likeness (QED) is 0.623. The number of ether oxygens (including phenoxy) is 1. The summed E-state index contributed by atoms with van der Waals surface area (Å²) in [7, 11) is 0. The third-order valence-electron chi connectivity index (χ3n) is 2.10. The molecule has 5 nitrogen and oxygen atoms in total. The fraction of sp³-hybridized carbons (Fsp3) is 0.250. The molecule has 0 fully saturated rings. The highest BCUT2D eigenvalue weighted by atomic mass is 16.5. The lowest BCUT2D eigenvalue weighted by atomic mass is 10.0. The van der Waals surface area contributed by atoms with E-state index in [1.807, 2.05) is 0 Å². The van der Waals surface area contributed by atoms with Crippen molar-refractivity contribution in [2.45, 2.75) is 13.3 Å². The minimum Gasteiger partial charge on any atom is -0.506 e. The van der Waals surface area contributed by atoms with Crippen LogP contribution >= 0.6 is 0 Å². The SMILES string of the molecule is CCOC(=O)Cc1cc(C#N)c(O)c(C=O)c1. The Bertz CT molecular complexity index is 488. The van der Waals surface area contributed by atoms with Crippen molar-refractivity contribution in [3.05, 3.63) is 28.8 Å². The molecule has 0 unspecified atom stereocenters. The predicted molar refractivity (Wildman–Crippen MR) is 58.5 cm³/mol. The van der Waals surface area contributed by atoms with Crippen molar-refractivity contribution in [2.24, 2.45) is 0 Å². The smallest absolute Gasteiger partial charge is 0.310 e. The number of nitriles is 1. The molecule has 0 aliphatic rings. The van der Waals surface area contributed by atoms with Crippen LogP contribution in [0.2, 0.25) is 0 Å². The molecule has 0 atom stereocenters. The number of aldehydes is 1. The zero-order valence-corrected chi connectivity index (χ0v) is 9.27. The van der Waals surface area contributed by atoms with Gasteiger partial charge in [0.15, 0.2) is 6.29 Å².